The van der Waals surface area contributed by atoms with Crippen LogP contribution in [0.25, 0.3) is 0 Å². The summed E-state index contributed by atoms with van der Waals surface area (Å²) in [6.07, 6.45) is 0. The number of nitrogens with one attached hydrogen (secondary N) is 2. The molecule has 0 aliphatic heterocycles. The van der Waals surface area contributed by atoms with Crippen LogP contribution >= 0.6 is 0 Å². The molecule has 21 heavy (non-hydrogen) atoms. The van der Waals surface area contributed by atoms with Crippen molar-refractivity contribution in [3.8, 4) is 0 Å². The number of benzene rings is 2. The number of rotatable bonds is 3. The summed E-state index contributed by atoms with van der Waals surface area (Å²) >= 11 is 0. The number of hydrazine groups is 1. The number of hydrogen-bond donors (Lipinski definition) is 3. The summed E-state index contributed by atoms with van der Waals surface area (Å²) in [5.41, 5.74) is 3.97. The van der Waals surface area contributed by atoms with E-state index in [1.807, 2.05) is 25.3 Å². The van der Waals surface area contributed by atoms with Gasteiger partial charge in [-0.25, -0.2) is 8.78 Å². The van der Waals surface area contributed by atoms with E-state index >= 15 is 0 Å². The molecule has 110 valence electrons. The lowest BCUT2D eigenvalue weighted by atomic mass is 10.1. The van der Waals surface area contributed by atoms with Crippen LogP contribution in [0.2, 0.25) is 0 Å². The van der Waals surface area contributed by atoms with Crippen LogP contribution < -0.4 is 16.6 Å². The molecule has 0 fully saturated rings. The van der Waals surface area contributed by atoms with Crippen molar-refractivity contribution in [3.63, 3.8) is 0 Å². The van der Waals surface area contributed by atoms with Gasteiger partial charge in [0.1, 0.15) is 5.69 Å². The molecule has 2 aromatic rings. The second-order valence-corrected chi connectivity index (χ2v) is 4.71. The molecular formula is C15H15F2N3O. The summed E-state index contributed by atoms with van der Waals surface area (Å²) in [6.45, 7) is 3.86. The lowest BCUT2D eigenvalue weighted by Crippen LogP contribution is -2.15. The third-order valence-corrected chi connectivity index (χ3v) is 3.21. The Morgan fingerprint density at radius 3 is 2.19 bits per heavy atom. The predicted octanol–water partition coefficient (Wildman–Crippen LogP) is 3.12. The molecule has 0 saturated carbocycles. The molecular weight excluding hydrogens is 276 g/mol. The van der Waals surface area contributed by atoms with E-state index in [4.69, 9.17) is 5.84 Å². The van der Waals surface area contributed by atoms with Crippen LogP contribution in [0.3, 0.4) is 0 Å². The first-order chi connectivity index (χ1) is 9.92. The summed E-state index contributed by atoms with van der Waals surface area (Å²) in [5, 5.41) is 2.59. The van der Waals surface area contributed by atoms with Crippen molar-refractivity contribution < 1.29 is 13.6 Å². The zero-order chi connectivity index (χ0) is 15.6. The van der Waals surface area contributed by atoms with Crippen LogP contribution in [0.4, 0.5) is 20.2 Å². The Kier molecular flexibility index (Phi) is 4.18. The van der Waals surface area contributed by atoms with Gasteiger partial charge in [-0.15, -0.1) is 0 Å². The highest BCUT2D eigenvalue weighted by atomic mass is 19.1. The second-order valence-electron chi connectivity index (χ2n) is 4.71. The van der Waals surface area contributed by atoms with Crippen LogP contribution in [-0.4, -0.2) is 5.91 Å². The number of hydrogen-bond acceptors (Lipinski definition) is 3. The van der Waals surface area contributed by atoms with E-state index in [9.17, 15) is 13.6 Å². The van der Waals surface area contributed by atoms with E-state index in [1.165, 1.54) is 0 Å². The molecule has 2 aromatic carbocycles. The van der Waals surface area contributed by atoms with Gasteiger partial charge in [-0.1, -0.05) is 6.07 Å². The molecule has 0 spiro atoms. The van der Waals surface area contributed by atoms with Crippen molar-refractivity contribution in [3.05, 3.63) is 58.7 Å². The standard InChI is InChI=1S/C15H15F2N3O/c1-8-3-4-11(5-9(8)2)19-15(21)10-6-12(16)14(20-18)13(17)7-10/h3-7,20H,18H2,1-2H3,(H,19,21). The number of anilines is 2. The smallest absolute Gasteiger partial charge is 0.255 e. The molecule has 0 bridgehead atoms. The maximum Gasteiger partial charge on any atom is 0.255 e. The SMILES string of the molecule is Cc1ccc(NC(=O)c2cc(F)c(NN)c(F)c2)cc1C. The summed E-state index contributed by atoms with van der Waals surface area (Å²) in [6, 6.07) is 7.22. The predicted molar refractivity (Wildman–Crippen MR) is 78.0 cm³/mol. The van der Waals surface area contributed by atoms with E-state index in [2.05, 4.69) is 5.32 Å². The molecule has 0 saturated heterocycles. The number of halogens is 2. The van der Waals surface area contributed by atoms with Crippen molar-refractivity contribution in [2.75, 3.05) is 10.7 Å². The topological polar surface area (TPSA) is 67.2 Å². The van der Waals surface area contributed by atoms with Crippen LogP contribution in [0, 0.1) is 25.5 Å². The molecule has 4 N–H and O–H groups in total. The van der Waals surface area contributed by atoms with Gasteiger partial charge in [0.15, 0.2) is 11.6 Å². The highest BCUT2D eigenvalue weighted by molar-refractivity contribution is 6.04. The molecule has 0 aromatic heterocycles. The van der Waals surface area contributed by atoms with Crippen molar-refractivity contribution in [1.82, 2.24) is 0 Å². The van der Waals surface area contributed by atoms with Crippen LogP contribution in [-0.2, 0) is 0 Å². The first-order valence-electron chi connectivity index (χ1n) is 6.26. The number of carbonyl (C=O) groups excluding carboxylic acids is 1. The first kappa shape index (κ1) is 14.9. The van der Waals surface area contributed by atoms with Crippen LogP contribution in [0.5, 0.6) is 0 Å². The Morgan fingerprint density at radius 2 is 1.67 bits per heavy atom. The Balaban J connectivity index is 2.26. The highest BCUT2D eigenvalue weighted by Crippen LogP contribution is 2.21. The molecule has 6 heteroatoms. The minimum absolute atomic E-state index is 0.123. The van der Waals surface area contributed by atoms with Gasteiger partial charge in [-0.3, -0.25) is 10.6 Å². The molecule has 0 atom stereocenters. The number of amides is 1. The van der Waals surface area contributed by atoms with Crippen LogP contribution in [0.1, 0.15) is 21.5 Å². The van der Waals surface area contributed by atoms with E-state index in [0.717, 1.165) is 23.3 Å². The number of nitrogen functional groups attached to an aromatic ring is 1. The van der Waals surface area contributed by atoms with Gasteiger partial charge in [-0.05, 0) is 49.2 Å². The molecule has 0 radical (unpaired) electrons. The minimum Gasteiger partial charge on any atom is -0.322 e. The third kappa shape index (κ3) is 3.17. The van der Waals surface area contributed by atoms with Crippen LogP contribution in [0.15, 0.2) is 30.3 Å². The van der Waals surface area contributed by atoms with Gasteiger partial charge in [0.25, 0.3) is 5.91 Å². The summed E-state index contributed by atoms with van der Waals surface area (Å²) < 4.78 is 27.1. The average Bonchev–Trinajstić information content (AvgIpc) is 2.42. The molecule has 4 nitrogen and oxygen atoms in total. The molecule has 2 rings (SSSR count). The van der Waals surface area contributed by atoms with E-state index < -0.39 is 23.2 Å². The quantitative estimate of drug-likeness (QED) is 0.601. The minimum atomic E-state index is -0.928. The van der Waals surface area contributed by atoms with Gasteiger partial charge in [0, 0.05) is 11.3 Å². The van der Waals surface area contributed by atoms with Gasteiger partial charge in [0.05, 0.1) is 0 Å². The Hall–Kier alpha value is -2.47. The average molecular weight is 291 g/mol. The lowest BCUT2D eigenvalue weighted by Gasteiger charge is -2.09. The Morgan fingerprint density at radius 1 is 1.05 bits per heavy atom. The third-order valence-electron chi connectivity index (χ3n) is 3.21. The zero-order valence-electron chi connectivity index (χ0n) is 11.6. The van der Waals surface area contributed by atoms with Gasteiger partial charge in [0.2, 0.25) is 0 Å². The van der Waals surface area contributed by atoms with Gasteiger partial charge in [-0.2, -0.15) is 0 Å². The fraction of sp³-hybridized carbons (Fsp3) is 0.133. The number of aryl methyl sites for hydroxylation is 2. The monoisotopic (exact) mass is 291 g/mol. The van der Waals surface area contributed by atoms with Crippen molar-refractivity contribution in [2.24, 2.45) is 5.84 Å². The summed E-state index contributed by atoms with van der Waals surface area (Å²) in [4.78, 5) is 12.0. The van der Waals surface area contributed by atoms with Crippen molar-refractivity contribution in [2.45, 2.75) is 13.8 Å². The molecule has 0 aliphatic rings. The second kappa shape index (κ2) is 5.88. The summed E-state index contributed by atoms with van der Waals surface area (Å²) in [5.74, 6) is 2.55. The van der Waals surface area contributed by atoms with Gasteiger partial charge >= 0.3 is 0 Å². The maximum absolute atomic E-state index is 13.6. The van der Waals surface area contributed by atoms with Gasteiger partial charge < -0.3 is 10.7 Å². The molecule has 1 amide bonds. The molecule has 0 aliphatic carbocycles. The largest absolute Gasteiger partial charge is 0.322 e. The number of carbonyl (C=O) groups is 1. The van der Waals surface area contributed by atoms with E-state index in [-0.39, 0.29) is 5.56 Å². The van der Waals surface area contributed by atoms with Crippen molar-refractivity contribution >= 4 is 17.3 Å². The van der Waals surface area contributed by atoms with E-state index in [1.54, 1.807) is 12.1 Å². The zero-order valence-corrected chi connectivity index (χ0v) is 11.6. The maximum atomic E-state index is 13.6. The fourth-order valence-corrected chi connectivity index (χ4v) is 1.86. The Bertz CT molecular complexity index is 678. The van der Waals surface area contributed by atoms with Crippen molar-refractivity contribution in [1.29, 1.82) is 0 Å². The number of nitrogens with two attached hydrogens (primary N) is 1. The Labute approximate surface area is 120 Å². The highest BCUT2D eigenvalue weighted by Gasteiger charge is 2.14. The molecule has 0 unspecified atom stereocenters. The molecule has 0 heterocycles. The fourth-order valence-electron chi connectivity index (χ4n) is 1.86. The normalized spacial score (nSPS) is 10.3. The lowest BCUT2D eigenvalue weighted by molar-refractivity contribution is 0.102. The summed E-state index contributed by atoms with van der Waals surface area (Å²) in [7, 11) is 0. The first-order valence-corrected chi connectivity index (χ1v) is 6.26. The van der Waals surface area contributed by atoms with E-state index in [0.29, 0.717) is 5.69 Å².